The standard InChI is InChI=1S/C13H20N4O2/c18-13(14-8-10-2-1-3-10)17-6-7-19-9-12(17)11-4-5-15-16-11/h4-5,10,12H,1-3,6-9H2,(H,14,18)(H,15,16). The van der Waals surface area contributed by atoms with Gasteiger partial charge in [0.2, 0.25) is 0 Å². The second-order valence-electron chi connectivity index (χ2n) is 5.28. The van der Waals surface area contributed by atoms with E-state index in [2.05, 4.69) is 15.5 Å². The van der Waals surface area contributed by atoms with Gasteiger partial charge in [0.05, 0.1) is 24.9 Å². The number of aromatic nitrogens is 2. The smallest absolute Gasteiger partial charge is 0.318 e. The summed E-state index contributed by atoms with van der Waals surface area (Å²) in [5.74, 6) is 0.676. The molecule has 1 unspecified atom stereocenters. The Morgan fingerprint density at radius 3 is 3.16 bits per heavy atom. The molecule has 2 heterocycles. The number of nitrogens with zero attached hydrogens (tertiary/aromatic N) is 2. The maximum atomic E-state index is 12.3. The van der Waals surface area contributed by atoms with Crippen molar-refractivity contribution in [2.75, 3.05) is 26.3 Å². The first-order valence-corrected chi connectivity index (χ1v) is 6.96. The van der Waals surface area contributed by atoms with E-state index < -0.39 is 0 Å². The minimum absolute atomic E-state index is 0.00907. The van der Waals surface area contributed by atoms with Crippen LogP contribution in [0.3, 0.4) is 0 Å². The molecular formula is C13H20N4O2. The van der Waals surface area contributed by atoms with Gasteiger partial charge in [0.25, 0.3) is 0 Å². The largest absolute Gasteiger partial charge is 0.377 e. The summed E-state index contributed by atoms with van der Waals surface area (Å²) < 4.78 is 5.47. The minimum atomic E-state index is -0.0577. The minimum Gasteiger partial charge on any atom is -0.377 e. The van der Waals surface area contributed by atoms with Gasteiger partial charge in [-0.3, -0.25) is 5.10 Å². The Kier molecular flexibility index (Phi) is 3.68. The number of carbonyl (C=O) groups excluding carboxylic acids is 1. The Morgan fingerprint density at radius 1 is 1.58 bits per heavy atom. The number of hydrogen-bond donors (Lipinski definition) is 2. The van der Waals surface area contributed by atoms with Crippen molar-refractivity contribution in [2.45, 2.75) is 25.3 Å². The highest BCUT2D eigenvalue weighted by atomic mass is 16.5. The van der Waals surface area contributed by atoms with Gasteiger partial charge in [0, 0.05) is 19.3 Å². The van der Waals surface area contributed by atoms with Crippen molar-refractivity contribution in [3.05, 3.63) is 18.0 Å². The molecule has 3 rings (SSSR count). The molecule has 6 heteroatoms. The molecule has 0 radical (unpaired) electrons. The molecule has 2 fully saturated rings. The van der Waals surface area contributed by atoms with Gasteiger partial charge in [-0.1, -0.05) is 6.42 Å². The maximum absolute atomic E-state index is 12.3. The average molecular weight is 264 g/mol. The molecule has 0 bridgehead atoms. The van der Waals surface area contributed by atoms with Crippen molar-refractivity contribution < 1.29 is 9.53 Å². The van der Waals surface area contributed by atoms with Gasteiger partial charge in [-0.25, -0.2) is 4.79 Å². The second kappa shape index (κ2) is 5.61. The van der Waals surface area contributed by atoms with Crippen molar-refractivity contribution in [3.63, 3.8) is 0 Å². The van der Waals surface area contributed by atoms with E-state index in [0.29, 0.717) is 25.7 Å². The van der Waals surface area contributed by atoms with Crippen molar-refractivity contribution in [2.24, 2.45) is 5.92 Å². The van der Waals surface area contributed by atoms with Crippen molar-refractivity contribution in [1.82, 2.24) is 20.4 Å². The van der Waals surface area contributed by atoms with Gasteiger partial charge in [-0.05, 0) is 24.8 Å². The third-order valence-corrected chi connectivity index (χ3v) is 4.04. The van der Waals surface area contributed by atoms with Gasteiger partial charge >= 0.3 is 6.03 Å². The lowest BCUT2D eigenvalue weighted by Gasteiger charge is -2.35. The number of hydrogen-bond acceptors (Lipinski definition) is 3. The summed E-state index contributed by atoms with van der Waals surface area (Å²) in [6.07, 6.45) is 5.49. The third kappa shape index (κ3) is 2.73. The first kappa shape index (κ1) is 12.5. The Balaban J connectivity index is 1.60. The molecule has 0 aromatic carbocycles. The van der Waals surface area contributed by atoms with Crippen LogP contribution < -0.4 is 5.32 Å². The van der Waals surface area contributed by atoms with Crippen LogP contribution in [0.4, 0.5) is 4.79 Å². The van der Waals surface area contributed by atoms with E-state index in [0.717, 1.165) is 12.2 Å². The van der Waals surface area contributed by atoms with Crippen molar-refractivity contribution in [3.8, 4) is 0 Å². The highest BCUT2D eigenvalue weighted by molar-refractivity contribution is 5.74. The zero-order valence-corrected chi connectivity index (χ0v) is 11.0. The monoisotopic (exact) mass is 264 g/mol. The first-order chi connectivity index (χ1) is 9.34. The van der Waals surface area contributed by atoms with Crippen LogP contribution in [0.5, 0.6) is 0 Å². The molecular weight excluding hydrogens is 244 g/mol. The first-order valence-electron chi connectivity index (χ1n) is 6.96. The van der Waals surface area contributed by atoms with Crippen LogP contribution >= 0.6 is 0 Å². The molecule has 1 aliphatic heterocycles. The summed E-state index contributed by atoms with van der Waals surface area (Å²) in [6, 6.07) is 1.85. The fourth-order valence-electron chi connectivity index (χ4n) is 2.59. The summed E-state index contributed by atoms with van der Waals surface area (Å²) in [6.45, 7) is 2.55. The van der Waals surface area contributed by atoms with E-state index in [4.69, 9.17) is 4.74 Å². The predicted octanol–water partition coefficient (Wildman–Crippen LogP) is 1.29. The number of carbonyl (C=O) groups is 1. The van der Waals surface area contributed by atoms with E-state index in [1.165, 1.54) is 19.3 Å². The molecule has 1 saturated heterocycles. The van der Waals surface area contributed by atoms with Crippen LogP contribution in [0.25, 0.3) is 0 Å². The fraction of sp³-hybridized carbons (Fsp3) is 0.692. The highest BCUT2D eigenvalue weighted by Gasteiger charge is 2.30. The number of ether oxygens (including phenoxy) is 1. The number of amides is 2. The summed E-state index contributed by atoms with van der Waals surface area (Å²) in [5, 5.41) is 9.92. The van der Waals surface area contributed by atoms with Gasteiger partial charge in [-0.15, -0.1) is 0 Å². The second-order valence-corrected chi connectivity index (χ2v) is 5.28. The van der Waals surface area contributed by atoms with E-state index in [-0.39, 0.29) is 12.1 Å². The molecule has 2 amide bonds. The predicted molar refractivity (Wildman–Crippen MR) is 69.6 cm³/mol. The number of H-pyrrole nitrogens is 1. The van der Waals surface area contributed by atoms with Gasteiger partial charge in [0.15, 0.2) is 0 Å². The lowest BCUT2D eigenvalue weighted by Crippen LogP contribution is -2.49. The zero-order valence-electron chi connectivity index (χ0n) is 11.0. The Hall–Kier alpha value is -1.56. The van der Waals surface area contributed by atoms with Gasteiger partial charge in [0.1, 0.15) is 0 Å². The molecule has 1 aromatic heterocycles. The zero-order chi connectivity index (χ0) is 13.1. The van der Waals surface area contributed by atoms with Crippen molar-refractivity contribution >= 4 is 6.03 Å². The Labute approximate surface area is 112 Å². The summed E-state index contributed by atoms with van der Waals surface area (Å²) in [4.78, 5) is 14.1. The topological polar surface area (TPSA) is 70.2 Å². The number of rotatable bonds is 3. The van der Waals surface area contributed by atoms with Crippen LogP contribution in [0.15, 0.2) is 12.3 Å². The molecule has 2 aliphatic rings. The van der Waals surface area contributed by atoms with E-state index >= 15 is 0 Å². The summed E-state index contributed by atoms with van der Waals surface area (Å²) >= 11 is 0. The quantitative estimate of drug-likeness (QED) is 0.864. The number of aromatic amines is 1. The van der Waals surface area contributed by atoms with Crippen LogP contribution in [0.2, 0.25) is 0 Å². The highest BCUT2D eigenvalue weighted by Crippen LogP contribution is 2.26. The molecule has 2 N–H and O–H groups in total. The Morgan fingerprint density at radius 2 is 2.47 bits per heavy atom. The molecule has 19 heavy (non-hydrogen) atoms. The van der Waals surface area contributed by atoms with E-state index in [1.54, 1.807) is 6.20 Å². The third-order valence-electron chi connectivity index (χ3n) is 4.04. The SMILES string of the molecule is O=C(NCC1CCC1)N1CCOCC1c1ccn[nH]1. The summed E-state index contributed by atoms with van der Waals surface area (Å²) in [7, 11) is 0. The number of morpholine rings is 1. The number of nitrogens with one attached hydrogen (secondary N) is 2. The summed E-state index contributed by atoms with van der Waals surface area (Å²) in [5.41, 5.74) is 0.929. The normalized spacial score (nSPS) is 24.0. The fourth-order valence-corrected chi connectivity index (χ4v) is 2.59. The Bertz CT molecular complexity index is 416. The van der Waals surface area contributed by atoms with Crippen molar-refractivity contribution in [1.29, 1.82) is 0 Å². The average Bonchev–Trinajstić information content (AvgIpc) is 2.90. The van der Waals surface area contributed by atoms with Gasteiger partial charge in [-0.2, -0.15) is 5.10 Å². The van der Waals surface area contributed by atoms with Crippen LogP contribution in [0.1, 0.15) is 31.0 Å². The molecule has 104 valence electrons. The van der Waals surface area contributed by atoms with Crippen LogP contribution in [-0.2, 0) is 4.74 Å². The van der Waals surface area contributed by atoms with Gasteiger partial charge < -0.3 is 15.0 Å². The molecule has 1 atom stereocenters. The van der Waals surface area contributed by atoms with E-state index in [1.807, 2.05) is 11.0 Å². The van der Waals surface area contributed by atoms with Crippen LogP contribution in [-0.4, -0.2) is 47.4 Å². The molecule has 6 nitrogen and oxygen atoms in total. The molecule has 1 aliphatic carbocycles. The molecule has 1 aromatic rings. The van der Waals surface area contributed by atoms with Crippen LogP contribution in [0, 0.1) is 5.92 Å². The van der Waals surface area contributed by atoms with E-state index in [9.17, 15) is 4.79 Å². The lowest BCUT2D eigenvalue weighted by molar-refractivity contribution is 0.00982. The lowest BCUT2D eigenvalue weighted by atomic mass is 9.85. The number of urea groups is 1. The molecule has 0 spiro atoms. The molecule has 1 saturated carbocycles. The maximum Gasteiger partial charge on any atom is 0.318 e.